The van der Waals surface area contributed by atoms with E-state index in [0.29, 0.717) is 11.6 Å². The van der Waals surface area contributed by atoms with Crippen molar-refractivity contribution in [1.29, 1.82) is 0 Å². The zero-order valence-corrected chi connectivity index (χ0v) is 16.3. The first-order chi connectivity index (χ1) is 12.1. The third-order valence-corrected chi connectivity index (χ3v) is 5.64. The average Bonchev–Trinajstić information content (AvgIpc) is 2.60. The Morgan fingerprint density at radius 2 is 1.77 bits per heavy atom. The molecular weight excluding hydrogens is 352 g/mol. The molecule has 6 nitrogen and oxygen atoms in total. The molecule has 2 aromatic rings. The first-order valence-electron chi connectivity index (χ1n) is 8.25. The fourth-order valence-corrected chi connectivity index (χ4v) is 3.55. The molecule has 26 heavy (non-hydrogen) atoms. The number of amides is 1. The predicted molar refractivity (Wildman–Crippen MR) is 101 cm³/mol. The second kappa shape index (κ2) is 7.86. The first-order valence-corrected chi connectivity index (χ1v) is 9.90. The summed E-state index contributed by atoms with van der Waals surface area (Å²) in [4.78, 5) is 16.2. The number of nitrogens with one attached hydrogen (secondary N) is 1. The second-order valence-corrected chi connectivity index (χ2v) is 9.09. The minimum atomic E-state index is -3.52. The smallest absolute Gasteiger partial charge is 0.225 e. The Morgan fingerprint density at radius 3 is 2.27 bits per heavy atom. The van der Waals surface area contributed by atoms with Crippen molar-refractivity contribution in [3.63, 3.8) is 0 Å². The normalized spacial score (nSPS) is 11.8. The Kier molecular flexibility index (Phi) is 6.02. The van der Waals surface area contributed by atoms with Crippen LogP contribution < -0.4 is 10.1 Å². The number of rotatable bonds is 6. The molecule has 0 saturated heterocycles. The van der Waals surface area contributed by atoms with Gasteiger partial charge in [-0.1, -0.05) is 32.9 Å². The molecule has 0 unspecified atom stereocenters. The van der Waals surface area contributed by atoms with Crippen LogP contribution in [-0.2, 0) is 20.0 Å². The van der Waals surface area contributed by atoms with Crippen LogP contribution in [0.5, 0.6) is 5.88 Å². The van der Waals surface area contributed by atoms with Crippen LogP contribution in [-0.4, -0.2) is 32.2 Å². The lowest BCUT2D eigenvalue weighted by atomic mass is 9.87. The van der Waals surface area contributed by atoms with Gasteiger partial charge in [-0.15, -0.1) is 0 Å². The average molecular weight is 376 g/mol. The Labute approximate surface area is 154 Å². The van der Waals surface area contributed by atoms with E-state index in [9.17, 15) is 13.2 Å². The van der Waals surface area contributed by atoms with Crippen molar-refractivity contribution in [2.75, 3.05) is 18.2 Å². The molecule has 0 aliphatic carbocycles. The van der Waals surface area contributed by atoms with Gasteiger partial charge in [0.25, 0.3) is 0 Å². The minimum Gasteiger partial charge on any atom is -0.481 e. The van der Waals surface area contributed by atoms with Gasteiger partial charge in [0.05, 0.1) is 29.6 Å². The van der Waals surface area contributed by atoms with Gasteiger partial charge in [0, 0.05) is 12.5 Å². The van der Waals surface area contributed by atoms with Crippen LogP contribution in [0.1, 0.15) is 32.8 Å². The molecule has 1 amide bonds. The second-order valence-electron chi connectivity index (χ2n) is 6.98. The Hall–Kier alpha value is -2.41. The quantitative estimate of drug-likeness (QED) is 0.837. The fourth-order valence-electron chi connectivity index (χ4n) is 2.31. The zero-order valence-electron chi connectivity index (χ0n) is 15.4. The molecule has 1 N–H and O–H groups in total. The highest BCUT2D eigenvalue weighted by molar-refractivity contribution is 7.91. The Morgan fingerprint density at radius 1 is 1.12 bits per heavy atom. The highest BCUT2D eigenvalue weighted by Gasteiger charge is 2.19. The summed E-state index contributed by atoms with van der Waals surface area (Å²) in [6.45, 7) is 6.19. The molecule has 0 bridgehead atoms. The highest BCUT2D eigenvalue weighted by atomic mass is 32.2. The third-order valence-electron chi connectivity index (χ3n) is 3.91. The van der Waals surface area contributed by atoms with E-state index in [0.717, 1.165) is 5.56 Å². The summed E-state index contributed by atoms with van der Waals surface area (Å²) < 4.78 is 29.8. The summed E-state index contributed by atoms with van der Waals surface area (Å²) in [5, 5.41) is 2.62. The Bertz CT molecular complexity index is 852. The lowest BCUT2D eigenvalue weighted by Gasteiger charge is -2.19. The summed E-state index contributed by atoms with van der Waals surface area (Å²) in [5.41, 5.74) is 1.50. The van der Waals surface area contributed by atoms with Gasteiger partial charge < -0.3 is 10.1 Å². The summed E-state index contributed by atoms with van der Waals surface area (Å²) in [7, 11) is -2.02. The number of benzene rings is 1. The number of sulfone groups is 1. The van der Waals surface area contributed by atoms with E-state index in [2.05, 4.69) is 31.1 Å². The van der Waals surface area contributed by atoms with Gasteiger partial charge in [0.2, 0.25) is 11.8 Å². The van der Waals surface area contributed by atoms with Gasteiger partial charge in [-0.3, -0.25) is 4.79 Å². The van der Waals surface area contributed by atoms with Gasteiger partial charge in [-0.2, -0.15) is 0 Å². The van der Waals surface area contributed by atoms with Gasteiger partial charge in [-0.05, 0) is 29.2 Å². The number of nitrogens with zero attached hydrogens (tertiary/aromatic N) is 1. The maximum atomic E-state index is 12.4. The van der Waals surface area contributed by atoms with Crippen LogP contribution in [0.4, 0.5) is 5.69 Å². The first kappa shape index (κ1) is 19.9. The van der Waals surface area contributed by atoms with Crippen molar-refractivity contribution in [2.24, 2.45) is 0 Å². The third kappa shape index (κ3) is 5.29. The molecule has 0 aliphatic heterocycles. The zero-order chi connectivity index (χ0) is 19.4. The van der Waals surface area contributed by atoms with E-state index in [1.54, 1.807) is 24.3 Å². The number of methoxy groups -OCH3 is 1. The van der Waals surface area contributed by atoms with Crippen LogP contribution in [0.25, 0.3) is 0 Å². The molecule has 7 heteroatoms. The van der Waals surface area contributed by atoms with E-state index in [4.69, 9.17) is 4.74 Å². The Balaban J connectivity index is 1.97. The molecule has 140 valence electrons. The lowest BCUT2D eigenvalue weighted by molar-refractivity contribution is -0.115. The molecule has 1 aromatic carbocycles. The summed E-state index contributed by atoms with van der Waals surface area (Å²) in [6.07, 6.45) is 1.33. The molecule has 0 fully saturated rings. The highest BCUT2D eigenvalue weighted by Crippen LogP contribution is 2.24. The van der Waals surface area contributed by atoms with Crippen LogP contribution in [0.2, 0.25) is 0 Å². The number of pyridine rings is 1. The standard InChI is InChI=1S/C19H24N2O4S/c1-19(2,3)14-5-8-16(9-6-14)26(23,24)12-11-17(22)21-15-7-10-18(25-4)20-13-15/h5-10,13H,11-12H2,1-4H3,(H,21,22). The fraction of sp³-hybridized carbons (Fsp3) is 0.368. The predicted octanol–water partition coefficient (Wildman–Crippen LogP) is 3.19. The van der Waals surface area contributed by atoms with E-state index in [1.165, 1.54) is 13.3 Å². The van der Waals surface area contributed by atoms with Gasteiger partial charge in [0.15, 0.2) is 9.84 Å². The van der Waals surface area contributed by atoms with E-state index >= 15 is 0 Å². The van der Waals surface area contributed by atoms with Crippen molar-refractivity contribution in [3.05, 3.63) is 48.2 Å². The van der Waals surface area contributed by atoms with Gasteiger partial charge in [-0.25, -0.2) is 13.4 Å². The molecule has 2 rings (SSSR count). The molecule has 1 aromatic heterocycles. The largest absolute Gasteiger partial charge is 0.481 e. The number of ether oxygens (including phenoxy) is 1. The van der Waals surface area contributed by atoms with Crippen LogP contribution in [0, 0.1) is 0 Å². The maximum absolute atomic E-state index is 12.4. The summed E-state index contributed by atoms with van der Waals surface area (Å²) in [5.74, 6) is -0.201. The number of aromatic nitrogens is 1. The van der Waals surface area contributed by atoms with Gasteiger partial charge >= 0.3 is 0 Å². The van der Waals surface area contributed by atoms with E-state index in [-0.39, 0.29) is 28.4 Å². The van der Waals surface area contributed by atoms with E-state index in [1.807, 2.05) is 12.1 Å². The maximum Gasteiger partial charge on any atom is 0.225 e. The van der Waals surface area contributed by atoms with Crippen molar-refractivity contribution >= 4 is 21.4 Å². The van der Waals surface area contributed by atoms with Crippen molar-refractivity contribution < 1.29 is 17.9 Å². The van der Waals surface area contributed by atoms with Crippen molar-refractivity contribution in [3.8, 4) is 5.88 Å². The number of hydrogen-bond acceptors (Lipinski definition) is 5. The number of carbonyl (C=O) groups excluding carboxylic acids is 1. The molecular formula is C19H24N2O4S. The van der Waals surface area contributed by atoms with Crippen LogP contribution >= 0.6 is 0 Å². The van der Waals surface area contributed by atoms with E-state index < -0.39 is 9.84 Å². The molecule has 0 aliphatic rings. The lowest BCUT2D eigenvalue weighted by Crippen LogP contribution is -2.18. The van der Waals surface area contributed by atoms with Crippen molar-refractivity contribution in [2.45, 2.75) is 37.5 Å². The van der Waals surface area contributed by atoms with Crippen LogP contribution in [0.3, 0.4) is 0 Å². The SMILES string of the molecule is COc1ccc(NC(=O)CCS(=O)(=O)c2ccc(C(C)(C)C)cc2)cn1. The topological polar surface area (TPSA) is 85.4 Å². The molecule has 1 heterocycles. The summed E-state index contributed by atoms with van der Waals surface area (Å²) >= 11 is 0. The monoisotopic (exact) mass is 376 g/mol. The molecule has 0 atom stereocenters. The molecule has 0 spiro atoms. The number of hydrogen-bond donors (Lipinski definition) is 1. The molecule has 0 radical (unpaired) electrons. The number of carbonyl (C=O) groups is 1. The van der Waals surface area contributed by atoms with Gasteiger partial charge in [0.1, 0.15) is 0 Å². The number of anilines is 1. The van der Waals surface area contributed by atoms with Crippen molar-refractivity contribution in [1.82, 2.24) is 4.98 Å². The van der Waals surface area contributed by atoms with Crippen LogP contribution in [0.15, 0.2) is 47.5 Å². The summed E-state index contributed by atoms with van der Waals surface area (Å²) in [6, 6.07) is 10.1. The molecule has 0 saturated carbocycles. The minimum absolute atomic E-state index is 0.0470.